The first-order valence-corrected chi connectivity index (χ1v) is 11.5. The molecular formula is C21H20FN3OS2. The van der Waals surface area contributed by atoms with E-state index in [0.29, 0.717) is 21.4 Å². The zero-order valence-electron chi connectivity index (χ0n) is 15.3. The van der Waals surface area contributed by atoms with E-state index in [2.05, 4.69) is 15.2 Å². The maximum atomic E-state index is 14.5. The molecule has 1 aliphatic carbocycles. The van der Waals surface area contributed by atoms with E-state index in [1.807, 2.05) is 11.4 Å². The third kappa shape index (κ3) is 2.42. The summed E-state index contributed by atoms with van der Waals surface area (Å²) in [6.45, 7) is 2.35. The van der Waals surface area contributed by atoms with Gasteiger partial charge in [0.05, 0.1) is 16.5 Å². The molecule has 0 unspecified atom stereocenters. The Balaban J connectivity index is 1.34. The zero-order chi connectivity index (χ0) is 18.9. The number of amides is 1. The number of piperidine rings is 3. The molecular weight excluding hydrogens is 393 g/mol. The van der Waals surface area contributed by atoms with Gasteiger partial charge in [0, 0.05) is 21.8 Å². The number of fused-ring (bicyclic) bond motifs is 3. The maximum Gasteiger partial charge on any atom is 0.261 e. The Bertz CT molecular complexity index is 1060. The number of carbonyl (C=O) groups excluding carboxylic acids is 1. The number of aromatic nitrogens is 1. The number of nitrogens with zero attached hydrogens (tertiary/aromatic N) is 2. The Kier molecular flexibility index (Phi) is 3.71. The Morgan fingerprint density at radius 3 is 2.82 bits per heavy atom. The highest BCUT2D eigenvalue weighted by molar-refractivity contribution is 7.22. The van der Waals surface area contributed by atoms with Crippen molar-refractivity contribution in [1.29, 1.82) is 0 Å². The standard InChI is InChI=1S/C21H20FN3OS2/c22-14-2-1-13-11-15(28-17(13)16(14)20-23-7-10-27-20)19(26)24-18-12-3-8-25(9-4-12)21(18)5-6-21/h1-2,7,10-12,18H,3-6,8-9H2,(H,24,26)/t18-/m0/s1. The summed E-state index contributed by atoms with van der Waals surface area (Å²) in [5.74, 6) is 0.288. The molecule has 28 heavy (non-hydrogen) atoms. The van der Waals surface area contributed by atoms with Gasteiger partial charge in [0.1, 0.15) is 10.8 Å². The second kappa shape index (κ2) is 6.08. The molecule has 1 amide bonds. The highest BCUT2D eigenvalue weighted by Crippen LogP contribution is 2.53. The SMILES string of the molecule is O=C(N[C@H]1C2CCN(CC2)C12CC2)c1cc2ccc(F)c(-c3nccs3)c2s1. The molecule has 4 aliphatic rings. The van der Waals surface area contributed by atoms with Crippen LogP contribution in [0.4, 0.5) is 4.39 Å². The monoisotopic (exact) mass is 413 g/mol. The average Bonchev–Trinajstić information content (AvgIpc) is 3.12. The van der Waals surface area contributed by atoms with Crippen LogP contribution in [-0.4, -0.2) is 40.5 Å². The normalized spacial score (nSPS) is 27.4. The lowest BCUT2D eigenvalue weighted by Gasteiger charge is -2.52. The molecule has 1 saturated carbocycles. The Morgan fingerprint density at radius 2 is 2.11 bits per heavy atom. The lowest BCUT2D eigenvalue weighted by atomic mass is 9.77. The van der Waals surface area contributed by atoms with Crippen molar-refractivity contribution in [2.24, 2.45) is 5.92 Å². The summed E-state index contributed by atoms with van der Waals surface area (Å²) >= 11 is 2.79. The van der Waals surface area contributed by atoms with Crippen LogP contribution in [0.2, 0.25) is 0 Å². The van der Waals surface area contributed by atoms with E-state index in [1.165, 1.54) is 67.5 Å². The molecule has 3 saturated heterocycles. The van der Waals surface area contributed by atoms with E-state index in [1.54, 1.807) is 12.3 Å². The predicted molar refractivity (Wildman–Crippen MR) is 110 cm³/mol. The zero-order valence-corrected chi connectivity index (χ0v) is 16.9. The smallest absolute Gasteiger partial charge is 0.261 e. The first kappa shape index (κ1) is 17.1. The molecule has 1 atom stereocenters. The van der Waals surface area contributed by atoms with Crippen molar-refractivity contribution in [2.45, 2.75) is 37.3 Å². The fraction of sp³-hybridized carbons (Fsp3) is 0.429. The number of rotatable bonds is 3. The quantitative estimate of drug-likeness (QED) is 0.687. The molecule has 3 aromatic rings. The molecule has 144 valence electrons. The average molecular weight is 414 g/mol. The number of thiazole rings is 1. The number of thiophene rings is 1. The van der Waals surface area contributed by atoms with E-state index >= 15 is 0 Å². The van der Waals surface area contributed by atoms with Crippen molar-refractivity contribution in [3.8, 4) is 10.6 Å². The van der Waals surface area contributed by atoms with Crippen LogP contribution in [0.3, 0.4) is 0 Å². The van der Waals surface area contributed by atoms with Crippen LogP contribution in [0.1, 0.15) is 35.4 Å². The molecule has 1 spiro atoms. The molecule has 5 heterocycles. The molecule has 2 bridgehead atoms. The minimum atomic E-state index is -0.286. The van der Waals surface area contributed by atoms with Crippen molar-refractivity contribution in [3.63, 3.8) is 0 Å². The number of benzene rings is 1. The molecule has 1 N–H and O–H groups in total. The Labute approximate surface area is 170 Å². The number of halogens is 1. The van der Waals surface area contributed by atoms with Gasteiger partial charge in [-0.15, -0.1) is 22.7 Å². The van der Waals surface area contributed by atoms with E-state index in [-0.39, 0.29) is 23.3 Å². The topological polar surface area (TPSA) is 45.2 Å². The molecule has 7 heteroatoms. The van der Waals surface area contributed by atoms with Crippen molar-refractivity contribution < 1.29 is 9.18 Å². The third-order valence-corrected chi connectivity index (χ3v) is 8.73. The summed E-state index contributed by atoms with van der Waals surface area (Å²) in [5.41, 5.74) is 0.726. The van der Waals surface area contributed by atoms with Crippen molar-refractivity contribution in [3.05, 3.63) is 40.5 Å². The summed E-state index contributed by atoms with van der Waals surface area (Å²) in [7, 11) is 0. The van der Waals surface area contributed by atoms with E-state index in [0.717, 1.165) is 10.1 Å². The van der Waals surface area contributed by atoms with Crippen LogP contribution >= 0.6 is 22.7 Å². The molecule has 7 rings (SSSR count). The Morgan fingerprint density at radius 1 is 1.29 bits per heavy atom. The van der Waals surface area contributed by atoms with E-state index < -0.39 is 0 Å². The minimum absolute atomic E-state index is 0.0169. The number of hydrogen-bond donors (Lipinski definition) is 1. The highest BCUT2D eigenvalue weighted by Gasteiger charge is 2.60. The van der Waals surface area contributed by atoms with Gasteiger partial charge >= 0.3 is 0 Å². The summed E-state index contributed by atoms with van der Waals surface area (Å²) in [6.07, 6.45) is 6.43. The van der Waals surface area contributed by atoms with Gasteiger partial charge in [-0.2, -0.15) is 0 Å². The molecule has 3 aliphatic heterocycles. The molecule has 1 aromatic carbocycles. The molecule has 4 fully saturated rings. The first-order chi connectivity index (χ1) is 13.7. The third-order valence-electron chi connectivity index (χ3n) is 6.77. The summed E-state index contributed by atoms with van der Waals surface area (Å²) in [5, 5.41) is 6.78. The van der Waals surface area contributed by atoms with Crippen molar-refractivity contribution >= 4 is 38.7 Å². The van der Waals surface area contributed by atoms with E-state index in [4.69, 9.17) is 0 Å². The maximum absolute atomic E-state index is 14.5. The fourth-order valence-corrected chi connectivity index (χ4v) is 7.12. The fourth-order valence-electron chi connectivity index (χ4n) is 5.27. The Hall–Kier alpha value is -1.83. The summed E-state index contributed by atoms with van der Waals surface area (Å²) < 4.78 is 15.3. The van der Waals surface area contributed by atoms with Crippen LogP contribution in [0, 0.1) is 11.7 Å². The second-order valence-corrected chi connectivity index (χ2v) is 10.1. The lowest BCUT2D eigenvalue weighted by molar-refractivity contribution is -0.00138. The van der Waals surface area contributed by atoms with E-state index in [9.17, 15) is 9.18 Å². The van der Waals surface area contributed by atoms with Crippen LogP contribution in [0.25, 0.3) is 20.7 Å². The first-order valence-electron chi connectivity index (χ1n) is 9.83. The van der Waals surface area contributed by atoms with Crippen molar-refractivity contribution in [2.75, 3.05) is 13.1 Å². The number of hydrogen-bond acceptors (Lipinski definition) is 5. The van der Waals surface area contributed by atoms with Crippen LogP contribution < -0.4 is 5.32 Å². The molecule has 2 aromatic heterocycles. The lowest BCUT2D eigenvalue weighted by Crippen LogP contribution is -2.65. The summed E-state index contributed by atoms with van der Waals surface area (Å²) in [4.78, 5) is 20.7. The van der Waals surface area contributed by atoms with Gasteiger partial charge in [-0.3, -0.25) is 9.69 Å². The predicted octanol–water partition coefficient (Wildman–Crippen LogP) is 4.52. The van der Waals surface area contributed by atoms with Gasteiger partial charge in [0.25, 0.3) is 5.91 Å². The molecule has 0 radical (unpaired) electrons. The van der Waals surface area contributed by atoms with Crippen LogP contribution in [-0.2, 0) is 0 Å². The van der Waals surface area contributed by atoms with Gasteiger partial charge in [-0.25, -0.2) is 9.37 Å². The summed E-state index contributed by atoms with van der Waals surface area (Å²) in [6, 6.07) is 5.38. The number of nitrogens with one attached hydrogen (secondary N) is 1. The van der Waals surface area contributed by atoms with Gasteiger partial charge in [0.2, 0.25) is 0 Å². The van der Waals surface area contributed by atoms with Gasteiger partial charge in [0.15, 0.2) is 0 Å². The van der Waals surface area contributed by atoms with Crippen LogP contribution in [0.15, 0.2) is 29.8 Å². The van der Waals surface area contributed by atoms with Crippen LogP contribution in [0.5, 0.6) is 0 Å². The molecule has 4 nitrogen and oxygen atoms in total. The minimum Gasteiger partial charge on any atom is -0.346 e. The van der Waals surface area contributed by atoms with Gasteiger partial charge < -0.3 is 5.32 Å². The van der Waals surface area contributed by atoms with Crippen molar-refractivity contribution in [1.82, 2.24) is 15.2 Å². The van der Waals surface area contributed by atoms with Gasteiger partial charge in [-0.1, -0.05) is 6.07 Å². The highest BCUT2D eigenvalue weighted by atomic mass is 32.1. The largest absolute Gasteiger partial charge is 0.346 e. The second-order valence-electron chi connectivity index (χ2n) is 8.17. The number of carbonyl (C=O) groups is 1. The van der Waals surface area contributed by atoms with Gasteiger partial charge in [-0.05, 0) is 62.2 Å².